The van der Waals surface area contributed by atoms with Gasteiger partial charge in [-0.2, -0.15) is 0 Å². The minimum absolute atomic E-state index is 0.0647. The first kappa shape index (κ1) is 18.7. The third-order valence-corrected chi connectivity index (χ3v) is 5.79. The van der Waals surface area contributed by atoms with E-state index in [4.69, 9.17) is 9.84 Å². The van der Waals surface area contributed by atoms with E-state index in [2.05, 4.69) is 5.32 Å². The van der Waals surface area contributed by atoms with Gasteiger partial charge in [0.25, 0.3) is 0 Å². The van der Waals surface area contributed by atoms with Crippen molar-refractivity contribution in [2.24, 2.45) is 11.8 Å². The molecule has 2 heterocycles. The van der Waals surface area contributed by atoms with Gasteiger partial charge in [0, 0.05) is 20.0 Å². The standard InChI is InChI=1S/C19H22FN3O5/c1-10(25)21-5-12-6-23(19(27)28-12)11-2-3-13(16(20)4-11)18-14-7-22(8-15(14)18)17(26)9-24/h2-4,12,14-15,18,24H,5-9H2,1H3,(H,21,25)/t12-,14-,15+,18+/m0/s1. The maximum Gasteiger partial charge on any atom is 0.414 e. The number of benzene rings is 1. The quantitative estimate of drug-likeness (QED) is 0.759. The average molecular weight is 391 g/mol. The Balaban J connectivity index is 1.40. The number of piperidine rings is 1. The molecule has 2 saturated heterocycles. The number of carbonyl (C=O) groups is 3. The maximum atomic E-state index is 14.7. The van der Waals surface area contributed by atoms with E-state index >= 15 is 0 Å². The van der Waals surface area contributed by atoms with Crippen LogP contribution in [0.1, 0.15) is 18.4 Å². The average Bonchev–Trinajstić information content (AvgIpc) is 3.00. The van der Waals surface area contributed by atoms with Crippen molar-refractivity contribution in [1.82, 2.24) is 10.2 Å². The Hall–Kier alpha value is -2.68. The van der Waals surface area contributed by atoms with Crippen molar-refractivity contribution in [3.05, 3.63) is 29.6 Å². The summed E-state index contributed by atoms with van der Waals surface area (Å²) in [5.74, 6) is -0.378. The molecule has 2 N–H and O–H groups in total. The van der Waals surface area contributed by atoms with Gasteiger partial charge in [0.1, 0.15) is 18.5 Å². The SMILES string of the molecule is CC(=O)NC[C@H]1CN(c2ccc([C@H]3[C@@H]4CN(C(=O)CO)C[C@@H]43)c(F)c2)C(=O)O1. The monoisotopic (exact) mass is 391 g/mol. The molecule has 4 rings (SSSR count). The lowest BCUT2D eigenvalue weighted by Crippen LogP contribution is -2.33. The predicted octanol–water partition coefficient (Wildman–Crippen LogP) is 0.451. The van der Waals surface area contributed by atoms with Crippen LogP contribution in [0.5, 0.6) is 0 Å². The first-order valence-corrected chi connectivity index (χ1v) is 9.29. The molecular formula is C19H22FN3O5. The van der Waals surface area contributed by atoms with Gasteiger partial charge in [0.2, 0.25) is 11.8 Å². The van der Waals surface area contributed by atoms with Crippen LogP contribution in [-0.4, -0.2) is 66.8 Å². The number of hydrogen-bond donors (Lipinski definition) is 2. The van der Waals surface area contributed by atoms with Gasteiger partial charge in [-0.05, 0) is 35.4 Å². The summed E-state index contributed by atoms with van der Waals surface area (Å²) in [6, 6.07) is 4.73. The molecule has 0 spiro atoms. The predicted molar refractivity (Wildman–Crippen MR) is 96.1 cm³/mol. The minimum atomic E-state index is -0.566. The molecule has 9 heteroatoms. The van der Waals surface area contributed by atoms with E-state index < -0.39 is 18.8 Å². The summed E-state index contributed by atoms with van der Waals surface area (Å²) in [4.78, 5) is 37.6. The third-order valence-electron chi connectivity index (χ3n) is 5.79. The molecule has 1 saturated carbocycles. The van der Waals surface area contributed by atoms with Crippen LogP contribution in [0.2, 0.25) is 0 Å². The van der Waals surface area contributed by atoms with Crippen molar-refractivity contribution in [3.63, 3.8) is 0 Å². The molecule has 1 aromatic carbocycles. The van der Waals surface area contributed by atoms with Gasteiger partial charge in [0.05, 0.1) is 18.8 Å². The summed E-state index contributed by atoms with van der Waals surface area (Å²) >= 11 is 0. The van der Waals surface area contributed by atoms with E-state index in [1.54, 1.807) is 17.0 Å². The summed E-state index contributed by atoms with van der Waals surface area (Å²) in [5.41, 5.74) is 1.01. The van der Waals surface area contributed by atoms with E-state index in [0.29, 0.717) is 24.3 Å². The van der Waals surface area contributed by atoms with Crippen LogP contribution in [0, 0.1) is 17.7 Å². The molecule has 150 valence electrons. The lowest BCUT2D eigenvalue weighted by atomic mass is 10.0. The van der Waals surface area contributed by atoms with E-state index in [1.165, 1.54) is 17.9 Å². The fourth-order valence-corrected chi connectivity index (χ4v) is 4.34. The Morgan fingerprint density at radius 3 is 2.61 bits per heavy atom. The van der Waals surface area contributed by atoms with Crippen LogP contribution in [0.15, 0.2) is 18.2 Å². The molecule has 3 fully saturated rings. The van der Waals surface area contributed by atoms with Gasteiger partial charge < -0.3 is 20.1 Å². The number of nitrogens with zero attached hydrogens (tertiary/aromatic N) is 2. The molecule has 4 atom stereocenters. The van der Waals surface area contributed by atoms with Gasteiger partial charge in [-0.3, -0.25) is 14.5 Å². The van der Waals surface area contributed by atoms with Gasteiger partial charge >= 0.3 is 6.09 Å². The zero-order valence-corrected chi connectivity index (χ0v) is 15.4. The molecule has 1 aliphatic carbocycles. The highest BCUT2D eigenvalue weighted by Crippen LogP contribution is 2.58. The Kier molecular flexibility index (Phi) is 4.70. The van der Waals surface area contributed by atoms with Crippen molar-refractivity contribution in [3.8, 4) is 0 Å². The van der Waals surface area contributed by atoms with Crippen LogP contribution < -0.4 is 10.2 Å². The van der Waals surface area contributed by atoms with Crippen LogP contribution >= 0.6 is 0 Å². The van der Waals surface area contributed by atoms with Crippen molar-refractivity contribution in [2.75, 3.05) is 37.7 Å². The van der Waals surface area contributed by atoms with E-state index in [1.807, 2.05) is 0 Å². The number of fused-ring (bicyclic) bond motifs is 1. The number of rotatable bonds is 5. The zero-order chi connectivity index (χ0) is 20.0. The Morgan fingerprint density at radius 2 is 2.00 bits per heavy atom. The van der Waals surface area contributed by atoms with Crippen LogP contribution in [0.3, 0.4) is 0 Å². The first-order valence-electron chi connectivity index (χ1n) is 9.29. The third kappa shape index (κ3) is 3.30. The number of cyclic esters (lactones) is 1. The molecule has 0 unspecified atom stereocenters. The fourth-order valence-electron chi connectivity index (χ4n) is 4.34. The highest BCUT2D eigenvalue weighted by Gasteiger charge is 2.57. The van der Waals surface area contributed by atoms with E-state index in [0.717, 1.165) is 0 Å². The number of carbonyl (C=O) groups excluding carboxylic acids is 3. The van der Waals surface area contributed by atoms with E-state index in [9.17, 15) is 18.8 Å². The number of hydrogen-bond acceptors (Lipinski definition) is 5. The molecule has 0 bridgehead atoms. The van der Waals surface area contributed by atoms with Gasteiger partial charge in [-0.1, -0.05) is 6.07 Å². The van der Waals surface area contributed by atoms with Crippen molar-refractivity contribution in [2.45, 2.75) is 18.9 Å². The first-order chi connectivity index (χ1) is 13.4. The molecule has 3 amide bonds. The second-order valence-corrected chi connectivity index (χ2v) is 7.57. The van der Waals surface area contributed by atoms with Crippen molar-refractivity contribution < 1.29 is 28.6 Å². The number of amides is 3. The number of halogens is 1. The number of aliphatic hydroxyl groups is 1. The summed E-state index contributed by atoms with van der Waals surface area (Å²) < 4.78 is 20.0. The number of anilines is 1. The molecular weight excluding hydrogens is 369 g/mol. The summed E-state index contributed by atoms with van der Waals surface area (Å²) in [6.07, 6.45) is -1.04. The second kappa shape index (κ2) is 7.05. The summed E-state index contributed by atoms with van der Waals surface area (Å²) in [7, 11) is 0. The number of likely N-dealkylation sites (tertiary alicyclic amines) is 1. The molecule has 3 aliphatic rings. The molecule has 8 nitrogen and oxygen atoms in total. The Bertz CT molecular complexity index is 820. The number of nitrogens with one attached hydrogen (secondary N) is 1. The van der Waals surface area contributed by atoms with Crippen LogP contribution in [-0.2, 0) is 14.3 Å². The largest absolute Gasteiger partial charge is 0.442 e. The van der Waals surface area contributed by atoms with Gasteiger partial charge in [-0.25, -0.2) is 9.18 Å². The second-order valence-electron chi connectivity index (χ2n) is 7.57. The Morgan fingerprint density at radius 1 is 1.29 bits per heavy atom. The van der Waals surface area contributed by atoms with Gasteiger partial charge in [0.15, 0.2) is 0 Å². The highest BCUT2D eigenvalue weighted by molar-refractivity contribution is 5.90. The topological polar surface area (TPSA) is 99.2 Å². The molecule has 28 heavy (non-hydrogen) atoms. The lowest BCUT2D eigenvalue weighted by Gasteiger charge is -2.19. The summed E-state index contributed by atoms with van der Waals surface area (Å²) in [6.45, 7) is 2.42. The maximum absolute atomic E-state index is 14.7. The summed E-state index contributed by atoms with van der Waals surface area (Å²) in [5, 5.41) is 11.5. The van der Waals surface area contributed by atoms with Crippen LogP contribution in [0.4, 0.5) is 14.9 Å². The van der Waals surface area contributed by atoms with Crippen LogP contribution in [0.25, 0.3) is 0 Å². The Labute approximate surface area is 161 Å². The number of aliphatic hydroxyl groups excluding tert-OH is 1. The molecule has 0 radical (unpaired) electrons. The van der Waals surface area contributed by atoms with E-state index in [-0.39, 0.29) is 48.5 Å². The molecule has 1 aromatic rings. The highest BCUT2D eigenvalue weighted by atomic mass is 19.1. The molecule has 0 aromatic heterocycles. The zero-order valence-electron chi connectivity index (χ0n) is 15.4. The normalized spacial score (nSPS) is 28.2. The smallest absolute Gasteiger partial charge is 0.414 e. The lowest BCUT2D eigenvalue weighted by molar-refractivity contribution is -0.133. The van der Waals surface area contributed by atoms with Gasteiger partial charge in [-0.15, -0.1) is 0 Å². The number of ether oxygens (including phenoxy) is 1. The van der Waals surface area contributed by atoms with Crippen molar-refractivity contribution in [1.29, 1.82) is 0 Å². The van der Waals surface area contributed by atoms with Crippen molar-refractivity contribution >= 4 is 23.6 Å². The fraction of sp³-hybridized carbons (Fsp3) is 0.526. The minimum Gasteiger partial charge on any atom is -0.442 e. The molecule has 2 aliphatic heterocycles.